The lowest BCUT2D eigenvalue weighted by Gasteiger charge is -2.34. The summed E-state index contributed by atoms with van der Waals surface area (Å²) in [5.74, 6) is 0.995. The predicted octanol–water partition coefficient (Wildman–Crippen LogP) is 1.37. The third-order valence-electron chi connectivity index (χ3n) is 4.82. The van der Waals surface area contributed by atoms with E-state index in [1.165, 1.54) is 0 Å². The smallest absolute Gasteiger partial charge is 0.193 e. The first kappa shape index (κ1) is 21.3. The number of aromatic nitrogens is 2. The lowest BCUT2D eigenvalue weighted by Crippen LogP contribution is -2.48. The lowest BCUT2D eigenvalue weighted by atomic mass is 10.1. The van der Waals surface area contributed by atoms with E-state index in [1.807, 2.05) is 49.8 Å². The minimum atomic E-state index is -3.13. The first-order valence-corrected chi connectivity index (χ1v) is 11.6. The summed E-state index contributed by atoms with van der Waals surface area (Å²) in [6, 6.07) is 9.29. The number of aliphatic imine (C=N–C) groups is 1. The van der Waals surface area contributed by atoms with Gasteiger partial charge in [-0.1, -0.05) is 30.3 Å². The van der Waals surface area contributed by atoms with Crippen molar-refractivity contribution in [2.45, 2.75) is 18.3 Å². The number of nitrogens with zero attached hydrogens (tertiary/aromatic N) is 4. The number of sulfone groups is 1. The number of benzene rings is 1. The molecule has 3 rings (SSSR count). The van der Waals surface area contributed by atoms with Crippen LogP contribution in [0.3, 0.4) is 0 Å². The van der Waals surface area contributed by atoms with Gasteiger partial charge < -0.3 is 15.0 Å². The molecule has 2 aromatic rings. The Labute approximate surface area is 172 Å². The number of morpholine rings is 1. The Kier molecular flexibility index (Phi) is 7.27. The van der Waals surface area contributed by atoms with Gasteiger partial charge in [-0.15, -0.1) is 0 Å². The number of hydrogen-bond acceptors (Lipinski definition) is 5. The summed E-state index contributed by atoms with van der Waals surface area (Å²) < 4.78 is 32.3. The highest BCUT2D eigenvalue weighted by molar-refractivity contribution is 7.90. The molecule has 0 spiro atoms. The largest absolute Gasteiger partial charge is 0.370 e. The molecule has 1 atom stereocenters. The van der Waals surface area contributed by atoms with Crippen LogP contribution >= 0.6 is 0 Å². The SMILES string of the molecule is CN=C(NCCCS(=O)(=O)Cc1ccccc1)N1CCOC(c2cnn(C)c2)C1. The maximum atomic E-state index is 12.3. The Morgan fingerprint density at radius 3 is 2.83 bits per heavy atom. The van der Waals surface area contributed by atoms with Gasteiger partial charge in [-0.2, -0.15) is 5.10 Å². The second kappa shape index (κ2) is 9.89. The van der Waals surface area contributed by atoms with E-state index in [9.17, 15) is 8.42 Å². The van der Waals surface area contributed by atoms with Crippen LogP contribution in [-0.4, -0.2) is 68.1 Å². The topological polar surface area (TPSA) is 88.8 Å². The average molecular weight is 420 g/mol. The Balaban J connectivity index is 1.46. The van der Waals surface area contributed by atoms with Crippen LogP contribution in [0.2, 0.25) is 0 Å². The Morgan fingerprint density at radius 1 is 1.34 bits per heavy atom. The first-order chi connectivity index (χ1) is 14.0. The molecule has 1 aliphatic heterocycles. The molecule has 8 nitrogen and oxygen atoms in total. The molecule has 1 fully saturated rings. The molecule has 0 amide bonds. The zero-order chi connectivity index (χ0) is 20.7. The monoisotopic (exact) mass is 419 g/mol. The summed E-state index contributed by atoms with van der Waals surface area (Å²) in [5, 5.41) is 7.50. The van der Waals surface area contributed by atoms with Crippen molar-refractivity contribution < 1.29 is 13.2 Å². The fraction of sp³-hybridized carbons (Fsp3) is 0.500. The van der Waals surface area contributed by atoms with Gasteiger partial charge in [-0.05, 0) is 12.0 Å². The maximum Gasteiger partial charge on any atom is 0.193 e. The van der Waals surface area contributed by atoms with Gasteiger partial charge >= 0.3 is 0 Å². The second-order valence-corrected chi connectivity index (χ2v) is 9.34. The van der Waals surface area contributed by atoms with Gasteiger partial charge in [-0.25, -0.2) is 8.42 Å². The summed E-state index contributed by atoms with van der Waals surface area (Å²) in [4.78, 5) is 6.49. The van der Waals surface area contributed by atoms with E-state index < -0.39 is 9.84 Å². The van der Waals surface area contributed by atoms with E-state index in [1.54, 1.807) is 11.7 Å². The van der Waals surface area contributed by atoms with Crippen molar-refractivity contribution in [3.05, 3.63) is 53.9 Å². The molecular weight excluding hydrogens is 390 g/mol. The number of aryl methyl sites for hydroxylation is 1. The highest BCUT2D eigenvalue weighted by atomic mass is 32.2. The highest BCUT2D eigenvalue weighted by Crippen LogP contribution is 2.21. The maximum absolute atomic E-state index is 12.3. The molecule has 0 aliphatic carbocycles. The predicted molar refractivity (Wildman–Crippen MR) is 113 cm³/mol. The van der Waals surface area contributed by atoms with Crippen LogP contribution in [0, 0.1) is 0 Å². The highest BCUT2D eigenvalue weighted by Gasteiger charge is 2.25. The van der Waals surface area contributed by atoms with Gasteiger partial charge in [0.25, 0.3) is 0 Å². The first-order valence-electron chi connectivity index (χ1n) is 9.77. The number of nitrogens with one attached hydrogen (secondary N) is 1. The summed E-state index contributed by atoms with van der Waals surface area (Å²) in [7, 11) is 0.495. The van der Waals surface area contributed by atoms with Gasteiger partial charge in [0.1, 0.15) is 6.10 Å². The van der Waals surface area contributed by atoms with Crippen LogP contribution < -0.4 is 5.32 Å². The summed E-state index contributed by atoms with van der Waals surface area (Å²) in [6.07, 6.45) is 4.26. The van der Waals surface area contributed by atoms with Crippen LogP contribution in [0.25, 0.3) is 0 Å². The van der Waals surface area contributed by atoms with Crippen molar-refractivity contribution in [3.63, 3.8) is 0 Å². The molecule has 0 radical (unpaired) electrons. The minimum Gasteiger partial charge on any atom is -0.370 e. The molecule has 158 valence electrons. The fourth-order valence-electron chi connectivity index (χ4n) is 3.37. The van der Waals surface area contributed by atoms with Crippen LogP contribution in [0.1, 0.15) is 23.7 Å². The molecule has 1 aliphatic rings. The van der Waals surface area contributed by atoms with Gasteiger partial charge in [0.05, 0.1) is 30.9 Å². The van der Waals surface area contributed by atoms with E-state index in [0.29, 0.717) is 26.1 Å². The van der Waals surface area contributed by atoms with E-state index in [-0.39, 0.29) is 17.6 Å². The molecule has 2 heterocycles. The molecular formula is C20H29N5O3S. The van der Waals surface area contributed by atoms with Crippen molar-refractivity contribution in [1.82, 2.24) is 20.0 Å². The normalized spacial score (nSPS) is 18.1. The molecule has 1 aromatic heterocycles. The van der Waals surface area contributed by atoms with Crippen molar-refractivity contribution in [2.24, 2.45) is 12.0 Å². The molecule has 0 saturated carbocycles. The number of rotatable bonds is 7. The Morgan fingerprint density at radius 2 is 2.14 bits per heavy atom. The van der Waals surface area contributed by atoms with E-state index in [0.717, 1.165) is 23.6 Å². The second-order valence-electron chi connectivity index (χ2n) is 7.16. The summed E-state index contributed by atoms with van der Waals surface area (Å²) in [5.41, 5.74) is 1.87. The van der Waals surface area contributed by atoms with E-state index in [4.69, 9.17) is 4.74 Å². The van der Waals surface area contributed by atoms with E-state index >= 15 is 0 Å². The Hall–Kier alpha value is -2.39. The van der Waals surface area contributed by atoms with Crippen molar-refractivity contribution in [2.75, 3.05) is 39.0 Å². The third kappa shape index (κ3) is 6.30. The van der Waals surface area contributed by atoms with Gasteiger partial charge in [-0.3, -0.25) is 9.67 Å². The van der Waals surface area contributed by atoms with Gasteiger partial charge in [0.2, 0.25) is 0 Å². The number of ether oxygens (including phenoxy) is 1. The number of guanidine groups is 1. The number of hydrogen-bond donors (Lipinski definition) is 1. The van der Waals surface area contributed by atoms with Crippen LogP contribution in [0.4, 0.5) is 0 Å². The van der Waals surface area contributed by atoms with Crippen molar-refractivity contribution in [3.8, 4) is 0 Å². The minimum absolute atomic E-state index is 0.0535. The molecule has 9 heteroatoms. The molecule has 1 aromatic carbocycles. The summed E-state index contributed by atoms with van der Waals surface area (Å²) in [6.45, 7) is 2.57. The van der Waals surface area contributed by atoms with Crippen molar-refractivity contribution in [1.29, 1.82) is 0 Å². The molecule has 1 saturated heterocycles. The zero-order valence-electron chi connectivity index (χ0n) is 17.0. The third-order valence-corrected chi connectivity index (χ3v) is 6.50. The standard InChI is InChI=1S/C20H29N5O3S/c1-21-20(25-10-11-28-19(15-25)18-13-23-24(2)14-18)22-9-6-12-29(26,27)16-17-7-4-3-5-8-17/h3-5,7-8,13-14,19H,6,9-12,15-16H2,1-2H3,(H,21,22). The molecule has 29 heavy (non-hydrogen) atoms. The van der Waals surface area contributed by atoms with Crippen LogP contribution in [-0.2, 0) is 27.4 Å². The van der Waals surface area contributed by atoms with Gasteiger partial charge in [0.15, 0.2) is 15.8 Å². The van der Waals surface area contributed by atoms with E-state index in [2.05, 4.69) is 20.3 Å². The average Bonchev–Trinajstić information content (AvgIpc) is 3.15. The quantitative estimate of drug-likeness (QED) is 0.414. The molecule has 1 unspecified atom stereocenters. The van der Waals surface area contributed by atoms with Crippen LogP contribution in [0.5, 0.6) is 0 Å². The summed E-state index contributed by atoms with van der Waals surface area (Å²) >= 11 is 0. The Bertz CT molecular complexity index is 911. The van der Waals surface area contributed by atoms with Crippen molar-refractivity contribution >= 4 is 15.8 Å². The molecule has 1 N–H and O–H groups in total. The van der Waals surface area contributed by atoms with Gasteiger partial charge in [0, 0.05) is 38.9 Å². The molecule has 0 bridgehead atoms. The zero-order valence-corrected chi connectivity index (χ0v) is 17.8. The lowest BCUT2D eigenvalue weighted by molar-refractivity contribution is -0.00801. The fourth-order valence-corrected chi connectivity index (χ4v) is 4.80. The van der Waals surface area contributed by atoms with Crippen LogP contribution in [0.15, 0.2) is 47.7 Å².